The van der Waals surface area contributed by atoms with Gasteiger partial charge in [0.25, 0.3) is 0 Å². The van der Waals surface area contributed by atoms with Crippen LogP contribution < -0.4 is 10.1 Å². The van der Waals surface area contributed by atoms with Crippen LogP contribution >= 0.6 is 0 Å². The van der Waals surface area contributed by atoms with E-state index in [0.717, 1.165) is 48.6 Å². The molecule has 0 spiro atoms. The highest BCUT2D eigenvalue weighted by Gasteiger charge is 2.22. The molecule has 1 aromatic rings. The summed E-state index contributed by atoms with van der Waals surface area (Å²) in [6.45, 7) is 12.1. The molecule has 1 aromatic heterocycles. The minimum absolute atomic E-state index is 0.0794. The molecule has 4 nitrogen and oxygen atoms in total. The summed E-state index contributed by atoms with van der Waals surface area (Å²) < 4.78 is 5.97. The van der Waals surface area contributed by atoms with Crippen molar-refractivity contribution in [2.45, 2.75) is 65.7 Å². The Hall–Kier alpha value is -1.32. The quantitative estimate of drug-likeness (QED) is 0.857. The minimum atomic E-state index is -0.0794. The molecule has 1 heterocycles. The number of hydrogen-bond donors (Lipinski definition) is 1. The van der Waals surface area contributed by atoms with E-state index in [1.807, 2.05) is 6.92 Å². The first-order chi connectivity index (χ1) is 9.91. The maximum absolute atomic E-state index is 5.97. The van der Waals surface area contributed by atoms with Crippen molar-refractivity contribution in [3.05, 3.63) is 11.4 Å². The first-order valence-corrected chi connectivity index (χ1v) is 8.17. The second-order valence-corrected chi connectivity index (χ2v) is 7.04. The van der Waals surface area contributed by atoms with Crippen LogP contribution in [0.1, 0.15) is 64.8 Å². The average Bonchev–Trinajstić information content (AvgIpc) is 2.35. The zero-order valence-corrected chi connectivity index (χ0v) is 14.1. The number of nitrogens with zero attached hydrogens (tertiary/aromatic N) is 2. The van der Waals surface area contributed by atoms with Crippen LogP contribution in [0.25, 0.3) is 0 Å². The van der Waals surface area contributed by atoms with Gasteiger partial charge in [0.1, 0.15) is 11.6 Å². The normalized spacial score (nSPS) is 15.7. The third kappa shape index (κ3) is 4.08. The Kier molecular flexibility index (Phi) is 5.07. The van der Waals surface area contributed by atoms with Gasteiger partial charge < -0.3 is 10.1 Å². The molecule has 0 atom stereocenters. The molecular formula is C17H29N3O. The van der Waals surface area contributed by atoms with Crippen molar-refractivity contribution < 1.29 is 4.74 Å². The highest BCUT2D eigenvalue weighted by molar-refractivity contribution is 5.49. The summed E-state index contributed by atoms with van der Waals surface area (Å²) in [5, 5.41) is 3.32. The molecular weight excluding hydrogens is 262 g/mol. The molecule has 0 unspecified atom stereocenters. The first-order valence-electron chi connectivity index (χ1n) is 8.17. The van der Waals surface area contributed by atoms with Gasteiger partial charge in [-0.05, 0) is 26.2 Å². The lowest BCUT2D eigenvalue weighted by atomic mass is 9.83. The van der Waals surface area contributed by atoms with Crippen molar-refractivity contribution in [1.82, 2.24) is 9.97 Å². The van der Waals surface area contributed by atoms with E-state index in [1.54, 1.807) is 0 Å². The fourth-order valence-electron chi connectivity index (χ4n) is 2.42. The number of nitrogens with one attached hydrogen (secondary N) is 1. The topological polar surface area (TPSA) is 47.0 Å². The lowest BCUT2D eigenvalue weighted by Gasteiger charge is -2.25. The molecule has 1 aliphatic rings. The maximum atomic E-state index is 5.97. The van der Waals surface area contributed by atoms with Crippen molar-refractivity contribution in [3.8, 4) is 5.88 Å². The van der Waals surface area contributed by atoms with Gasteiger partial charge in [-0.25, -0.2) is 4.98 Å². The van der Waals surface area contributed by atoms with E-state index >= 15 is 0 Å². The summed E-state index contributed by atoms with van der Waals surface area (Å²) in [5.41, 5.74) is 0.933. The summed E-state index contributed by atoms with van der Waals surface area (Å²) in [4.78, 5) is 9.32. The van der Waals surface area contributed by atoms with E-state index in [1.165, 1.54) is 19.3 Å². The van der Waals surface area contributed by atoms with Crippen molar-refractivity contribution in [2.75, 3.05) is 18.5 Å². The van der Waals surface area contributed by atoms with E-state index in [-0.39, 0.29) is 5.41 Å². The van der Waals surface area contributed by atoms with Crippen LogP contribution in [0.4, 0.5) is 5.82 Å². The minimum Gasteiger partial charge on any atom is -0.477 e. The molecule has 2 rings (SSSR count). The molecule has 0 amide bonds. The van der Waals surface area contributed by atoms with Crippen molar-refractivity contribution in [1.29, 1.82) is 0 Å². The van der Waals surface area contributed by atoms with Gasteiger partial charge in [0.2, 0.25) is 5.88 Å². The Bertz CT molecular complexity index is 476. The Balaban J connectivity index is 2.14. The Morgan fingerprint density at radius 1 is 1.24 bits per heavy atom. The van der Waals surface area contributed by atoms with E-state index < -0.39 is 0 Å². The zero-order valence-electron chi connectivity index (χ0n) is 14.1. The number of aromatic nitrogens is 2. The Morgan fingerprint density at radius 3 is 2.48 bits per heavy atom. The van der Waals surface area contributed by atoms with Gasteiger partial charge in [-0.3, -0.25) is 0 Å². The predicted octanol–water partition coefficient (Wildman–Crippen LogP) is 4.08. The highest BCUT2D eigenvalue weighted by Crippen LogP contribution is 2.31. The monoisotopic (exact) mass is 291 g/mol. The summed E-state index contributed by atoms with van der Waals surface area (Å²) in [5.74, 6) is 3.34. The molecule has 0 aliphatic heterocycles. The van der Waals surface area contributed by atoms with Gasteiger partial charge in [-0.2, -0.15) is 4.98 Å². The van der Waals surface area contributed by atoms with Gasteiger partial charge in [0.05, 0.1) is 12.2 Å². The van der Waals surface area contributed by atoms with Crippen LogP contribution in [0.3, 0.4) is 0 Å². The molecule has 1 aliphatic carbocycles. The molecule has 1 saturated carbocycles. The van der Waals surface area contributed by atoms with Crippen LogP contribution in [0, 0.1) is 12.8 Å². The summed E-state index contributed by atoms with van der Waals surface area (Å²) in [6, 6.07) is 0. The molecule has 1 N–H and O–H groups in total. The SMILES string of the molecule is CCNc1nc(C(C)(C)C)nc(OCCC2CCC2)c1C. The fourth-order valence-corrected chi connectivity index (χ4v) is 2.42. The molecule has 0 saturated heterocycles. The summed E-state index contributed by atoms with van der Waals surface area (Å²) >= 11 is 0. The largest absolute Gasteiger partial charge is 0.477 e. The summed E-state index contributed by atoms with van der Waals surface area (Å²) in [6.07, 6.45) is 5.25. The highest BCUT2D eigenvalue weighted by atomic mass is 16.5. The van der Waals surface area contributed by atoms with Gasteiger partial charge in [-0.15, -0.1) is 0 Å². The average molecular weight is 291 g/mol. The second-order valence-electron chi connectivity index (χ2n) is 7.04. The number of hydrogen-bond acceptors (Lipinski definition) is 4. The molecule has 118 valence electrons. The number of ether oxygens (including phenoxy) is 1. The first kappa shape index (κ1) is 16.1. The molecule has 0 bridgehead atoms. The second kappa shape index (κ2) is 6.63. The van der Waals surface area contributed by atoms with Crippen LogP contribution in [0.15, 0.2) is 0 Å². The van der Waals surface area contributed by atoms with Crippen molar-refractivity contribution in [3.63, 3.8) is 0 Å². The maximum Gasteiger partial charge on any atom is 0.221 e. The van der Waals surface area contributed by atoms with Gasteiger partial charge >= 0.3 is 0 Å². The molecule has 21 heavy (non-hydrogen) atoms. The number of rotatable bonds is 6. The smallest absolute Gasteiger partial charge is 0.221 e. The number of anilines is 1. The molecule has 1 fully saturated rings. The lowest BCUT2D eigenvalue weighted by molar-refractivity contribution is 0.215. The van der Waals surface area contributed by atoms with Gasteiger partial charge in [0.15, 0.2) is 0 Å². The van der Waals surface area contributed by atoms with Crippen LogP contribution in [0.5, 0.6) is 5.88 Å². The van der Waals surface area contributed by atoms with E-state index in [9.17, 15) is 0 Å². The van der Waals surface area contributed by atoms with Gasteiger partial charge in [-0.1, -0.05) is 40.0 Å². The van der Waals surface area contributed by atoms with Gasteiger partial charge in [0, 0.05) is 12.0 Å². The zero-order chi connectivity index (χ0) is 15.5. The van der Waals surface area contributed by atoms with Crippen molar-refractivity contribution in [2.24, 2.45) is 5.92 Å². The predicted molar refractivity (Wildman–Crippen MR) is 87.1 cm³/mol. The molecule has 0 radical (unpaired) electrons. The lowest BCUT2D eigenvalue weighted by Crippen LogP contribution is -2.20. The standard InChI is InChI=1S/C17H29N3O/c1-6-18-14-12(2)15(20-16(19-14)17(3,4)5)21-11-10-13-8-7-9-13/h13H,6-11H2,1-5H3,(H,18,19,20). The van der Waals surface area contributed by atoms with Crippen molar-refractivity contribution >= 4 is 5.82 Å². The van der Waals surface area contributed by atoms with Crippen LogP contribution in [-0.4, -0.2) is 23.1 Å². The molecule has 4 heteroatoms. The van der Waals surface area contributed by atoms with E-state index in [4.69, 9.17) is 4.74 Å². The Labute approximate surface area is 128 Å². The molecule has 0 aromatic carbocycles. The van der Waals surface area contributed by atoms with Crippen LogP contribution in [0.2, 0.25) is 0 Å². The third-order valence-corrected chi connectivity index (χ3v) is 4.11. The van der Waals surface area contributed by atoms with E-state index in [0.29, 0.717) is 0 Å². The van der Waals surface area contributed by atoms with Crippen LogP contribution in [-0.2, 0) is 5.41 Å². The third-order valence-electron chi connectivity index (χ3n) is 4.11. The Morgan fingerprint density at radius 2 is 1.95 bits per heavy atom. The van der Waals surface area contributed by atoms with E-state index in [2.05, 4.69) is 43.0 Å². The fraction of sp³-hybridized carbons (Fsp3) is 0.765. The summed E-state index contributed by atoms with van der Waals surface area (Å²) in [7, 11) is 0.